The van der Waals surface area contributed by atoms with Crippen LogP contribution in [-0.4, -0.2) is 60.0 Å². The van der Waals surface area contributed by atoms with Crippen molar-refractivity contribution in [3.63, 3.8) is 0 Å². The Balaban J connectivity index is 2.35. The fourth-order valence-electron chi connectivity index (χ4n) is 3.73. The van der Waals surface area contributed by atoms with Crippen LogP contribution in [0.1, 0.15) is 40.2 Å². The molecule has 0 aliphatic rings. The van der Waals surface area contributed by atoms with Crippen molar-refractivity contribution in [2.24, 2.45) is 17.3 Å². The molecular weight excluding hydrogens is 480 g/mol. The van der Waals surface area contributed by atoms with Crippen LogP contribution in [-0.2, 0) is 26.0 Å². The highest BCUT2D eigenvalue weighted by molar-refractivity contribution is 7.89. The first-order chi connectivity index (χ1) is 16.8. The van der Waals surface area contributed by atoms with Gasteiger partial charge in [-0.1, -0.05) is 69.3 Å². The van der Waals surface area contributed by atoms with E-state index in [1.165, 1.54) is 37.2 Å². The Labute approximate surface area is 214 Å². The lowest BCUT2D eigenvalue weighted by molar-refractivity contribution is -0.153. The first-order valence-corrected chi connectivity index (χ1v) is 13.5. The number of nitrogens with zero attached hydrogens (tertiary/aromatic N) is 1. The van der Waals surface area contributed by atoms with Crippen molar-refractivity contribution in [1.82, 2.24) is 9.62 Å². The maximum absolute atomic E-state index is 13.4. The molecule has 8 nitrogen and oxygen atoms in total. The second kappa shape index (κ2) is 12.5. The van der Waals surface area contributed by atoms with Crippen molar-refractivity contribution in [3.8, 4) is 0 Å². The molecule has 0 heterocycles. The van der Waals surface area contributed by atoms with Gasteiger partial charge in [0.15, 0.2) is 0 Å². The highest BCUT2D eigenvalue weighted by Gasteiger charge is 2.40. The van der Waals surface area contributed by atoms with Crippen LogP contribution in [0.25, 0.3) is 0 Å². The van der Waals surface area contributed by atoms with E-state index in [2.05, 4.69) is 5.32 Å². The number of carboxylic acids is 1. The van der Waals surface area contributed by atoms with Gasteiger partial charge in [-0.3, -0.25) is 9.59 Å². The van der Waals surface area contributed by atoms with Crippen molar-refractivity contribution in [2.75, 3.05) is 13.1 Å². The van der Waals surface area contributed by atoms with Gasteiger partial charge in [0.05, 0.1) is 28.4 Å². The minimum Gasteiger partial charge on any atom is -0.481 e. The average Bonchev–Trinajstić information content (AvgIpc) is 2.83. The molecule has 2 aromatic rings. The topological polar surface area (TPSA) is 124 Å². The number of hydrogen-bond acceptors (Lipinski definition) is 5. The summed E-state index contributed by atoms with van der Waals surface area (Å²) in [5, 5.41) is 23.6. The number of sulfonamides is 1. The van der Waals surface area contributed by atoms with E-state index < -0.39 is 45.4 Å². The predicted octanol–water partition coefficient (Wildman–Crippen LogP) is 3.17. The molecule has 198 valence electrons. The molecule has 1 amide bonds. The number of nitrogens with one attached hydrogen (secondary N) is 1. The molecule has 3 unspecified atom stereocenters. The Bertz CT molecular complexity index is 1100. The van der Waals surface area contributed by atoms with Crippen LogP contribution in [0.15, 0.2) is 65.6 Å². The Kier molecular flexibility index (Phi) is 10.2. The van der Waals surface area contributed by atoms with Crippen LogP contribution in [0.5, 0.6) is 0 Å². The third-order valence-corrected chi connectivity index (χ3v) is 8.30. The number of carbonyl (C=O) groups is 2. The van der Waals surface area contributed by atoms with Crippen molar-refractivity contribution in [1.29, 1.82) is 0 Å². The fraction of sp³-hybridized carbons (Fsp3) is 0.481. The number of hydrogen-bond donors (Lipinski definition) is 3. The van der Waals surface area contributed by atoms with Gasteiger partial charge in [0.25, 0.3) is 0 Å². The summed E-state index contributed by atoms with van der Waals surface area (Å²) in [6.07, 6.45) is -0.999. The molecule has 36 heavy (non-hydrogen) atoms. The lowest BCUT2D eigenvalue weighted by Crippen LogP contribution is -2.53. The first kappa shape index (κ1) is 29.5. The second-order valence-electron chi connectivity index (χ2n) is 10.1. The number of rotatable bonds is 13. The van der Waals surface area contributed by atoms with Gasteiger partial charge in [0, 0.05) is 13.1 Å². The minimum atomic E-state index is -3.89. The number of amides is 1. The van der Waals surface area contributed by atoms with Gasteiger partial charge < -0.3 is 15.5 Å². The molecule has 9 heteroatoms. The minimum absolute atomic E-state index is 0.00533. The summed E-state index contributed by atoms with van der Waals surface area (Å²) in [5.41, 5.74) is -0.486. The van der Waals surface area contributed by atoms with Gasteiger partial charge >= 0.3 is 5.97 Å². The molecule has 3 atom stereocenters. The highest BCUT2D eigenvalue weighted by atomic mass is 32.2. The Morgan fingerprint density at radius 2 is 1.47 bits per heavy atom. The van der Waals surface area contributed by atoms with E-state index in [9.17, 15) is 28.2 Å². The summed E-state index contributed by atoms with van der Waals surface area (Å²) < 4.78 is 28.0. The normalized spacial score (nSPS) is 14.9. The van der Waals surface area contributed by atoms with E-state index >= 15 is 0 Å². The lowest BCUT2D eigenvalue weighted by Gasteiger charge is -2.33. The maximum Gasteiger partial charge on any atom is 0.309 e. The predicted molar refractivity (Wildman–Crippen MR) is 139 cm³/mol. The van der Waals surface area contributed by atoms with Crippen LogP contribution < -0.4 is 5.32 Å². The van der Waals surface area contributed by atoms with Crippen LogP contribution in [0, 0.1) is 17.3 Å². The molecule has 3 N–H and O–H groups in total. The van der Waals surface area contributed by atoms with Crippen LogP contribution in [0.3, 0.4) is 0 Å². The largest absolute Gasteiger partial charge is 0.481 e. The van der Waals surface area contributed by atoms with E-state index in [-0.39, 0.29) is 30.3 Å². The zero-order chi connectivity index (χ0) is 27.1. The number of benzene rings is 2. The Morgan fingerprint density at radius 1 is 0.944 bits per heavy atom. The summed E-state index contributed by atoms with van der Waals surface area (Å²) in [7, 11) is -3.89. The van der Waals surface area contributed by atoms with Crippen molar-refractivity contribution < 1.29 is 28.2 Å². The molecule has 0 radical (unpaired) electrons. The first-order valence-electron chi connectivity index (χ1n) is 12.1. The van der Waals surface area contributed by atoms with Gasteiger partial charge in [-0.2, -0.15) is 4.31 Å². The standard InChI is InChI=1S/C27H38N2O6S/c1-19(2)17-29(36(34,35)22-14-10-7-11-15-22)18-24(30)23(16-21-12-8-6-9-13-21)28-25(31)20(3)27(4,5)26(32)33/h6-15,19-20,23-24,30H,16-18H2,1-5H3,(H,28,31)(H,32,33). The van der Waals surface area contributed by atoms with E-state index in [1.807, 2.05) is 44.2 Å². The average molecular weight is 519 g/mol. The molecule has 0 fully saturated rings. The zero-order valence-corrected chi connectivity index (χ0v) is 22.4. The van der Waals surface area contributed by atoms with Crippen LogP contribution in [0.2, 0.25) is 0 Å². The van der Waals surface area contributed by atoms with E-state index in [0.29, 0.717) is 0 Å². The number of aliphatic hydroxyl groups excluding tert-OH is 1. The Hall–Kier alpha value is -2.75. The van der Waals surface area contributed by atoms with Crippen LogP contribution >= 0.6 is 0 Å². The number of aliphatic hydroxyl groups is 1. The van der Waals surface area contributed by atoms with E-state index in [1.54, 1.807) is 18.2 Å². The van der Waals surface area contributed by atoms with Crippen molar-refractivity contribution in [2.45, 2.75) is 58.1 Å². The molecule has 0 saturated heterocycles. The molecule has 0 aliphatic heterocycles. The smallest absolute Gasteiger partial charge is 0.309 e. The third kappa shape index (κ3) is 7.62. The summed E-state index contributed by atoms with van der Waals surface area (Å²) >= 11 is 0. The molecule has 2 rings (SSSR count). The van der Waals surface area contributed by atoms with Crippen LogP contribution in [0.4, 0.5) is 0 Å². The molecule has 0 aromatic heterocycles. The van der Waals surface area contributed by atoms with Crippen molar-refractivity contribution in [3.05, 3.63) is 66.2 Å². The maximum atomic E-state index is 13.4. The molecule has 2 aromatic carbocycles. The Morgan fingerprint density at radius 3 is 1.97 bits per heavy atom. The van der Waals surface area contributed by atoms with Gasteiger partial charge in [-0.15, -0.1) is 0 Å². The monoisotopic (exact) mass is 518 g/mol. The van der Waals surface area contributed by atoms with Gasteiger partial charge in [-0.05, 0) is 43.9 Å². The lowest BCUT2D eigenvalue weighted by atomic mass is 9.79. The van der Waals surface area contributed by atoms with E-state index in [4.69, 9.17) is 0 Å². The van der Waals surface area contributed by atoms with Gasteiger partial charge in [0.1, 0.15) is 0 Å². The number of carbonyl (C=O) groups excluding carboxylic acids is 1. The quantitative estimate of drug-likeness (QED) is 0.374. The summed E-state index contributed by atoms with van der Waals surface area (Å²) in [4.78, 5) is 24.9. The summed E-state index contributed by atoms with van der Waals surface area (Å²) in [6, 6.07) is 16.4. The van der Waals surface area contributed by atoms with Gasteiger partial charge in [-0.25, -0.2) is 8.42 Å². The van der Waals surface area contributed by atoms with Crippen molar-refractivity contribution >= 4 is 21.9 Å². The molecular formula is C27H38N2O6S. The molecule has 0 saturated carbocycles. The van der Waals surface area contributed by atoms with Gasteiger partial charge in [0.2, 0.25) is 15.9 Å². The summed E-state index contributed by atoms with van der Waals surface area (Å²) in [5.74, 6) is -2.53. The highest BCUT2D eigenvalue weighted by Crippen LogP contribution is 2.27. The number of aliphatic carboxylic acids is 1. The fourth-order valence-corrected chi connectivity index (χ4v) is 5.37. The molecule has 0 aliphatic carbocycles. The molecule has 0 spiro atoms. The number of carboxylic acid groups (broad SMARTS) is 1. The molecule has 0 bridgehead atoms. The summed E-state index contributed by atoms with van der Waals surface area (Å²) in [6.45, 7) is 8.20. The zero-order valence-electron chi connectivity index (χ0n) is 21.6. The second-order valence-corrected chi connectivity index (χ2v) is 12.1. The SMILES string of the molecule is CC(C)CN(CC(O)C(Cc1ccccc1)NC(=O)C(C)C(C)(C)C(=O)O)S(=O)(=O)c1ccccc1. The van der Waals surface area contributed by atoms with E-state index in [0.717, 1.165) is 5.56 Å². The third-order valence-electron chi connectivity index (χ3n) is 6.46.